The number of hydrogen-bond acceptors (Lipinski definition) is 2. The maximum absolute atomic E-state index is 12.1. The molecule has 0 aliphatic carbocycles. The van der Waals surface area contributed by atoms with Crippen LogP contribution in [0.1, 0.15) is 12.8 Å². The molecule has 0 aromatic heterocycles. The zero-order chi connectivity index (χ0) is 13.8. The topological polar surface area (TPSA) is 49.4 Å². The third-order valence-electron chi connectivity index (χ3n) is 3.31. The third kappa shape index (κ3) is 3.59. The molecule has 2 rings (SSSR count). The van der Waals surface area contributed by atoms with Gasteiger partial charge < -0.3 is 10.2 Å². The third-order valence-corrected chi connectivity index (χ3v) is 4.00. The van der Waals surface area contributed by atoms with Crippen LogP contribution in [-0.4, -0.2) is 37.5 Å². The number of carbonyl (C=O) groups is 2. The summed E-state index contributed by atoms with van der Waals surface area (Å²) in [5.41, 5.74) is 0.768. The van der Waals surface area contributed by atoms with Crippen molar-refractivity contribution in [2.45, 2.75) is 12.8 Å². The van der Waals surface area contributed by atoms with E-state index in [1.807, 2.05) is 24.3 Å². The van der Waals surface area contributed by atoms with Gasteiger partial charge in [0.1, 0.15) is 0 Å². The first kappa shape index (κ1) is 14.1. The van der Waals surface area contributed by atoms with E-state index in [4.69, 9.17) is 7.85 Å². The van der Waals surface area contributed by atoms with Crippen molar-refractivity contribution in [2.75, 3.05) is 18.4 Å². The van der Waals surface area contributed by atoms with Crippen molar-refractivity contribution in [3.05, 3.63) is 28.7 Å². The van der Waals surface area contributed by atoms with Crippen molar-refractivity contribution in [1.82, 2.24) is 4.90 Å². The Bertz CT molecular complexity index is 487. The van der Waals surface area contributed by atoms with E-state index in [0.29, 0.717) is 25.9 Å². The molecule has 1 aliphatic rings. The van der Waals surface area contributed by atoms with E-state index >= 15 is 0 Å². The van der Waals surface area contributed by atoms with E-state index in [9.17, 15) is 9.59 Å². The summed E-state index contributed by atoms with van der Waals surface area (Å²) in [6.45, 7) is 1.09. The van der Waals surface area contributed by atoms with Crippen LogP contribution in [0, 0.1) is 5.92 Å². The minimum atomic E-state index is -0.412. The van der Waals surface area contributed by atoms with Crippen molar-refractivity contribution in [3.63, 3.8) is 0 Å². The van der Waals surface area contributed by atoms with Crippen LogP contribution in [-0.2, 0) is 4.79 Å². The van der Waals surface area contributed by atoms with Crippen LogP contribution >= 0.6 is 15.9 Å². The molecule has 1 N–H and O–H groups in total. The van der Waals surface area contributed by atoms with E-state index in [2.05, 4.69) is 21.2 Å². The molecule has 2 radical (unpaired) electrons. The lowest BCUT2D eigenvalue weighted by atomic mass is 9.94. The number of rotatable bonds is 2. The van der Waals surface area contributed by atoms with Crippen LogP contribution in [0.5, 0.6) is 0 Å². The molecule has 19 heavy (non-hydrogen) atoms. The summed E-state index contributed by atoms with van der Waals surface area (Å²) in [7, 11) is 5.21. The Morgan fingerprint density at radius 3 is 2.47 bits per heavy atom. The lowest BCUT2D eigenvalue weighted by Gasteiger charge is -2.31. The Kier molecular flexibility index (Phi) is 4.63. The van der Waals surface area contributed by atoms with Crippen LogP contribution in [0.15, 0.2) is 28.7 Å². The Morgan fingerprint density at radius 1 is 1.26 bits per heavy atom. The number of para-hydroxylation sites is 1. The van der Waals surface area contributed by atoms with Gasteiger partial charge in [0, 0.05) is 23.5 Å². The highest BCUT2D eigenvalue weighted by atomic mass is 79.9. The number of benzene rings is 1. The number of likely N-dealkylation sites (tertiary alicyclic amines) is 1. The van der Waals surface area contributed by atoms with Gasteiger partial charge >= 0.3 is 0 Å². The molecule has 1 aromatic carbocycles. The molecule has 1 aliphatic heterocycles. The predicted octanol–water partition coefficient (Wildman–Crippen LogP) is 2.39. The van der Waals surface area contributed by atoms with Crippen molar-refractivity contribution in [3.8, 4) is 0 Å². The van der Waals surface area contributed by atoms with Crippen LogP contribution in [0.2, 0.25) is 0 Å². The highest BCUT2D eigenvalue weighted by Gasteiger charge is 2.25. The van der Waals surface area contributed by atoms with E-state index < -0.39 is 5.81 Å². The molecule has 1 saturated heterocycles. The minimum absolute atomic E-state index is 0.00368. The minimum Gasteiger partial charge on any atom is -0.352 e. The molecule has 1 aromatic rings. The van der Waals surface area contributed by atoms with E-state index in [1.54, 1.807) is 4.90 Å². The predicted molar refractivity (Wildman–Crippen MR) is 78.2 cm³/mol. The second kappa shape index (κ2) is 6.24. The van der Waals surface area contributed by atoms with Crippen molar-refractivity contribution in [2.24, 2.45) is 5.92 Å². The molecule has 0 saturated carbocycles. The normalized spacial score (nSPS) is 16.2. The number of amides is 2. The average molecular weight is 321 g/mol. The van der Waals surface area contributed by atoms with E-state index in [1.165, 1.54) is 0 Å². The Labute approximate surface area is 122 Å². The van der Waals surface area contributed by atoms with Gasteiger partial charge in [-0.1, -0.05) is 12.1 Å². The first-order chi connectivity index (χ1) is 9.08. The number of hydrogen-bond donors (Lipinski definition) is 1. The summed E-state index contributed by atoms with van der Waals surface area (Å²) in [5.74, 6) is -0.483. The van der Waals surface area contributed by atoms with Gasteiger partial charge in [-0.15, -0.1) is 0 Å². The highest BCUT2D eigenvalue weighted by Crippen LogP contribution is 2.24. The summed E-state index contributed by atoms with van der Waals surface area (Å²) in [6, 6.07) is 7.49. The molecule has 1 heterocycles. The lowest BCUT2D eigenvalue weighted by Crippen LogP contribution is -2.41. The summed E-state index contributed by atoms with van der Waals surface area (Å²) in [5, 5.41) is 2.90. The summed E-state index contributed by atoms with van der Waals surface area (Å²) >= 11 is 3.39. The van der Waals surface area contributed by atoms with Crippen LogP contribution in [0.4, 0.5) is 10.5 Å². The highest BCUT2D eigenvalue weighted by molar-refractivity contribution is 9.10. The molecule has 98 valence electrons. The second-order valence-electron chi connectivity index (χ2n) is 4.57. The summed E-state index contributed by atoms with van der Waals surface area (Å²) < 4.78 is 0.859. The standard InChI is InChI=1S/C13H14BBrN2O2/c14-13(19)17-7-5-9(6-8-17)12(18)16-11-4-2-1-3-10(11)15/h1-4,9H,5-8H2,(H,16,18). The largest absolute Gasteiger partial charge is 0.352 e. The van der Waals surface area contributed by atoms with Crippen molar-refractivity contribution >= 4 is 41.2 Å². The molecule has 0 spiro atoms. The molecule has 1 fully saturated rings. The van der Waals surface area contributed by atoms with Gasteiger partial charge in [0.2, 0.25) is 13.8 Å². The summed E-state index contributed by atoms with van der Waals surface area (Å²) in [6.07, 6.45) is 1.30. The Balaban J connectivity index is 1.92. The fourth-order valence-corrected chi connectivity index (χ4v) is 2.54. The number of nitrogens with one attached hydrogen (secondary N) is 1. The van der Waals surface area contributed by atoms with E-state index in [-0.39, 0.29) is 11.8 Å². The number of nitrogens with zero attached hydrogens (tertiary/aromatic N) is 1. The molecule has 6 heteroatoms. The van der Waals surface area contributed by atoms with Crippen molar-refractivity contribution in [1.29, 1.82) is 0 Å². The van der Waals surface area contributed by atoms with Gasteiger partial charge in [0.05, 0.1) is 5.69 Å². The average Bonchev–Trinajstić information content (AvgIpc) is 2.41. The summed E-state index contributed by atoms with van der Waals surface area (Å²) in [4.78, 5) is 24.7. The lowest BCUT2D eigenvalue weighted by molar-refractivity contribution is -0.121. The van der Waals surface area contributed by atoms with Crippen LogP contribution in [0.25, 0.3) is 0 Å². The monoisotopic (exact) mass is 320 g/mol. The number of carbonyl (C=O) groups excluding carboxylic acids is 2. The van der Waals surface area contributed by atoms with Crippen LogP contribution in [0.3, 0.4) is 0 Å². The fourth-order valence-electron chi connectivity index (χ4n) is 2.16. The van der Waals surface area contributed by atoms with Gasteiger partial charge in [-0.25, -0.2) is 0 Å². The smallest absolute Gasteiger partial charge is 0.227 e. The maximum Gasteiger partial charge on any atom is 0.227 e. The Hall–Kier alpha value is -1.30. The first-order valence-corrected chi connectivity index (χ1v) is 6.97. The molecular formula is C13H14BBrN2O2. The first-order valence-electron chi connectivity index (χ1n) is 6.17. The van der Waals surface area contributed by atoms with Gasteiger partial charge in [0.25, 0.3) is 0 Å². The molecule has 0 atom stereocenters. The van der Waals surface area contributed by atoms with Gasteiger partial charge in [0.15, 0.2) is 5.81 Å². The molecule has 2 amide bonds. The molecule has 0 bridgehead atoms. The zero-order valence-electron chi connectivity index (χ0n) is 10.4. The van der Waals surface area contributed by atoms with Crippen molar-refractivity contribution < 1.29 is 9.59 Å². The fraction of sp³-hybridized carbons (Fsp3) is 0.385. The van der Waals surface area contributed by atoms with E-state index in [0.717, 1.165) is 10.2 Å². The van der Waals surface area contributed by atoms with Gasteiger partial charge in [-0.2, -0.15) is 0 Å². The molecule has 4 nitrogen and oxygen atoms in total. The second-order valence-corrected chi connectivity index (χ2v) is 5.42. The Morgan fingerprint density at radius 2 is 1.89 bits per heavy atom. The number of halogens is 1. The quantitative estimate of drug-likeness (QED) is 0.851. The van der Waals surface area contributed by atoms with Gasteiger partial charge in [-0.05, 0) is 40.9 Å². The SMILES string of the molecule is [B]C(=O)N1CCC(C(=O)Nc2ccccc2Br)CC1. The number of piperidine rings is 1. The van der Waals surface area contributed by atoms with Crippen LogP contribution < -0.4 is 5.32 Å². The molecular weight excluding hydrogens is 307 g/mol. The molecule has 0 unspecified atom stereocenters. The maximum atomic E-state index is 12.1. The zero-order valence-corrected chi connectivity index (χ0v) is 12.0. The van der Waals surface area contributed by atoms with Gasteiger partial charge in [-0.3, -0.25) is 9.59 Å². The number of anilines is 1.